The number of carbonyl (C=O) groups excluding carboxylic acids is 3. The van der Waals surface area contributed by atoms with Gasteiger partial charge in [0, 0.05) is 16.6 Å². The molecule has 0 N–H and O–H groups in total. The van der Waals surface area contributed by atoms with Crippen LogP contribution in [0.2, 0.25) is 0 Å². The van der Waals surface area contributed by atoms with Crippen molar-refractivity contribution in [2.24, 2.45) is 0 Å². The van der Waals surface area contributed by atoms with Crippen molar-refractivity contribution >= 4 is 33.8 Å². The second-order valence-corrected chi connectivity index (χ2v) is 9.36. The van der Waals surface area contributed by atoms with Crippen molar-refractivity contribution in [1.82, 2.24) is 4.90 Å². The van der Waals surface area contributed by atoms with E-state index in [-0.39, 0.29) is 12.4 Å². The standard InChI is InChI=1S/C24H26BrNO5/c1-24(2,3)31-23(29)26-14-4-5-20(26)22(28)30-15-21(27)18-8-6-16(7-9-18)17-10-12-19(25)13-11-17/h6-13,20H,4-5,14-15H2,1-3H3. The maximum Gasteiger partial charge on any atom is 0.411 e. The number of ketones is 1. The highest BCUT2D eigenvalue weighted by atomic mass is 79.9. The van der Waals surface area contributed by atoms with E-state index in [4.69, 9.17) is 9.47 Å². The van der Waals surface area contributed by atoms with Crippen molar-refractivity contribution in [3.8, 4) is 11.1 Å². The molecule has 0 saturated carbocycles. The zero-order chi connectivity index (χ0) is 22.6. The number of benzene rings is 2. The van der Waals surface area contributed by atoms with Gasteiger partial charge in [0.2, 0.25) is 0 Å². The number of hydrogen-bond acceptors (Lipinski definition) is 5. The fourth-order valence-electron chi connectivity index (χ4n) is 3.36. The molecular formula is C24H26BrNO5. The van der Waals surface area contributed by atoms with Gasteiger partial charge >= 0.3 is 12.1 Å². The van der Waals surface area contributed by atoms with Crippen molar-refractivity contribution in [1.29, 1.82) is 0 Å². The summed E-state index contributed by atoms with van der Waals surface area (Å²) < 4.78 is 11.6. The largest absolute Gasteiger partial charge is 0.456 e. The van der Waals surface area contributed by atoms with Gasteiger partial charge in [0.15, 0.2) is 12.4 Å². The summed E-state index contributed by atoms with van der Waals surface area (Å²) in [5.41, 5.74) is 1.84. The Morgan fingerprint density at radius 1 is 1.00 bits per heavy atom. The maximum absolute atomic E-state index is 12.5. The smallest absolute Gasteiger partial charge is 0.411 e. The van der Waals surface area contributed by atoms with Crippen LogP contribution in [0.4, 0.5) is 4.79 Å². The van der Waals surface area contributed by atoms with Gasteiger partial charge in [-0.1, -0.05) is 52.3 Å². The predicted molar refractivity (Wildman–Crippen MR) is 121 cm³/mol. The summed E-state index contributed by atoms with van der Waals surface area (Å²) in [5, 5.41) is 0. The molecule has 1 heterocycles. The Morgan fingerprint density at radius 3 is 2.16 bits per heavy atom. The molecular weight excluding hydrogens is 462 g/mol. The van der Waals surface area contributed by atoms with Crippen molar-refractivity contribution in [3.05, 3.63) is 58.6 Å². The Labute approximate surface area is 190 Å². The third kappa shape index (κ3) is 6.17. The third-order valence-corrected chi connectivity index (χ3v) is 5.41. The summed E-state index contributed by atoms with van der Waals surface area (Å²) in [5.74, 6) is -0.874. The molecule has 0 aliphatic carbocycles. The lowest BCUT2D eigenvalue weighted by Crippen LogP contribution is -2.44. The number of nitrogens with zero attached hydrogens (tertiary/aromatic N) is 1. The number of hydrogen-bond donors (Lipinski definition) is 0. The van der Waals surface area contributed by atoms with Crippen LogP contribution in [0.5, 0.6) is 0 Å². The number of esters is 1. The fraction of sp³-hybridized carbons (Fsp3) is 0.375. The number of halogens is 1. The summed E-state index contributed by atoms with van der Waals surface area (Å²) >= 11 is 3.41. The van der Waals surface area contributed by atoms with Gasteiger partial charge in [-0.15, -0.1) is 0 Å². The Morgan fingerprint density at radius 2 is 1.58 bits per heavy atom. The van der Waals surface area contributed by atoms with Gasteiger partial charge in [0.25, 0.3) is 0 Å². The molecule has 3 rings (SSSR count). The number of carbonyl (C=O) groups is 3. The molecule has 2 aromatic carbocycles. The van der Waals surface area contributed by atoms with Crippen LogP contribution >= 0.6 is 15.9 Å². The first-order valence-corrected chi connectivity index (χ1v) is 11.0. The lowest BCUT2D eigenvalue weighted by atomic mass is 10.0. The van der Waals surface area contributed by atoms with Crippen LogP contribution in [0.25, 0.3) is 11.1 Å². The van der Waals surface area contributed by atoms with E-state index in [1.165, 1.54) is 4.90 Å². The van der Waals surface area contributed by atoms with Crippen LogP contribution in [0.3, 0.4) is 0 Å². The molecule has 0 radical (unpaired) electrons. The monoisotopic (exact) mass is 487 g/mol. The van der Waals surface area contributed by atoms with Crippen LogP contribution < -0.4 is 0 Å². The van der Waals surface area contributed by atoms with E-state index in [0.29, 0.717) is 24.9 Å². The van der Waals surface area contributed by atoms with Crippen LogP contribution in [0, 0.1) is 0 Å². The van der Waals surface area contributed by atoms with Gasteiger partial charge in [-0.25, -0.2) is 9.59 Å². The first kappa shape index (κ1) is 23.0. The van der Waals surface area contributed by atoms with Gasteiger partial charge < -0.3 is 9.47 Å². The average molecular weight is 488 g/mol. The van der Waals surface area contributed by atoms with Gasteiger partial charge in [-0.2, -0.15) is 0 Å². The first-order valence-electron chi connectivity index (χ1n) is 10.2. The molecule has 31 heavy (non-hydrogen) atoms. The molecule has 1 aliphatic rings. The molecule has 7 heteroatoms. The lowest BCUT2D eigenvalue weighted by molar-refractivity contribution is -0.147. The molecule has 6 nitrogen and oxygen atoms in total. The minimum absolute atomic E-state index is 0.294. The van der Waals surface area contributed by atoms with Gasteiger partial charge in [0.1, 0.15) is 11.6 Å². The highest BCUT2D eigenvalue weighted by Crippen LogP contribution is 2.23. The summed E-state index contributed by atoms with van der Waals surface area (Å²) in [6, 6.07) is 14.3. The van der Waals surface area contributed by atoms with E-state index < -0.39 is 23.7 Å². The number of likely N-dealkylation sites (tertiary alicyclic amines) is 1. The van der Waals surface area contributed by atoms with Gasteiger partial charge in [0.05, 0.1) is 0 Å². The molecule has 1 amide bonds. The summed E-state index contributed by atoms with van der Waals surface area (Å²) in [6.07, 6.45) is 0.639. The Kier molecular flexibility index (Phi) is 7.15. The number of rotatable bonds is 5. The van der Waals surface area contributed by atoms with Crippen LogP contribution in [0.1, 0.15) is 44.0 Å². The highest BCUT2D eigenvalue weighted by Gasteiger charge is 2.37. The maximum atomic E-state index is 12.5. The van der Waals surface area contributed by atoms with E-state index >= 15 is 0 Å². The minimum Gasteiger partial charge on any atom is -0.456 e. The highest BCUT2D eigenvalue weighted by molar-refractivity contribution is 9.10. The number of ether oxygens (including phenoxy) is 2. The Hall–Kier alpha value is -2.67. The zero-order valence-electron chi connectivity index (χ0n) is 17.9. The minimum atomic E-state index is -0.720. The van der Waals surface area contributed by atoms with Crippen LogP contribution in [0.15, 0.2) is 53.0 Å². The average Bonchev–Trinajstić information content (AvgIpc) is 3.21. The van der Waals surface area contributed by atoms with Crippen LogP contribution in [-0.4, -0.2) is 47.5 Å². The normalized spacial score (nSPS) is 16.1. The Bertz CT molecular complexity index is 947. The summed E-state index contributed by atoms with van der Waals surface area (Å²) in [4.78, 5) is 38.7. The topological polar surface area (TPSA) is 72.9 Å². The molecule has 1 atom stereocenters. The lowest BCUT2D eigenvalue weighted by Gasteiger charge is -2.27. The van der Waals surface area contributed by atoms with Gasteiger partial charge in [-0.05, 0) is 56.9 Å². The summed E-state index contributed by atoms with van der Waals surface area (Å²) in [6.45, 7) is 5.38. The number of Topliss-reactive ketones (excluding diaryl/α,β-unsaturated/α-hetero) is 1. The quantitative estimate of drug-likeness (QED) is 0.425. The molecule has 1 aliphatic heterocycles. The van der Waals surface area contributed by atoms with E-state index in [1.54, 1.807) is 32.9 Å². The van der Waals surface area contributed by atoms with E-state index in [0.717, 1.165) is 15.6 Å². The molecule has 0 bridgehead atoms. The van der Waals surface area contributed by atoms with Crippen molar-refractivity contribution < 1.29 is 23.9 Å². The van der Waals surface area contributed by atoms with E-state index in [1.807, 2.05) is 36.4 Å². The fourth-order valence-corrected chi connectivity index (χ4v) is 3.62. The predicted octanol–water partition coefficient (Wildman–Crippen LogP) is 5.24. The molecule has 1 fully saturated rings. The van der Waals surface area contributed by atoms with Crippen LogP contribution in [-0.2, 0) is 14.3 Å². The molecule has 1 saturated heterocycles. The van der Waals surface area contributed by atoms with Crippen molar-refractivity contribution in [2.75, 3.05) is 13.2 Å². The van der Waals surface area contributed by atoms with Crippen molar-refractivity contribution in [3.63, 3.8) is 0 Å². The SMILES string of the molecule is CC(C)(C)OC(=O)N1CCCC1C(=O)OCC(=O)c1ccc(-c2ccc(Br)cc2)cc1. The molecule has 1 unspecified atom stereocenters. The van der Waals surface area contributed by atoms with Crippen molar-refractivity contribution in [2.45, 2.75) is 45.3 Å². The zero-order valence-corrected chi connectivity index (χ0v) is 19.5. The summed E-state index contributed by atoms with van der Waals surface area (Å²) in [7, 11) is 0. The molecule has 0 spiro atoms. The van der Waals surface area contributed by atoms with E-state index in [2.05, 4.69) is 15.9 Å². The second kappa shape index (κ2) is 9.64. The van der Waals surface area contributed by atoms with Gasteiger partial charge in [-0.3, -0.25) is 9.69 Å². The number of amides is 1. The molecule has 164 valence electrons. The second-order valence-electron chi connectivity index (χ2n) is 8.45. The molecule has 0 aromatic heterocycles. The van der Waals surface area contributed by atoms with E-state index in [9.17, 15) is 14.4 Å². The first-order chi connectivity index (χ1) is 14.6. The Balaban J connectivity index is 1.56. The third-order valence-electron chi connectivity index (χ3n) is 4.88. The molecule has 2 aromatic rings.